The van der Waals surface area contributed by atoms with Gasteiger partial charge >= 0.3 is 6.09 Å². The van der Waals surface area contributed by atoms with Gasteiger partial charge in [-0.25, -0.2) is 13.6 Å². The summed E-state index contributed by atoms with van der Waals surface area (Å²) >= 11 is 0. The molecule has 2 unspecified atom stereocenters. The fourth-order valence-corrected chi connectivity index (χ4v) is 3.38. The van der Waals surface area contributed by atoms with E-state index in [1.807, 2.05) is 0 Å². The average Bonchev–Trinajstić information content (AvgIpc) is 3.11. The number of benzene rings is 1. The SMILES string of the molecule is O=C1NC(c2cncc(C#CC3CCOCC3)c2)C(c2cc(F)ccc2F)O1. The Morgan fingerprint density at radius 1 is 1.14 bits per heavy atom. The van der Waals surface area contributed by atoms with Crippen LogP contribution in [0.25, 0.3) is 0 Å². The number of aromatic nitrogens is 1. The van der Waals surface area contributed by atoms with Crippen LogP contribution in [0.5, 0.6) is 0 Å². The van der Waals surface area contributed by atoms with Gasteiger partial charge in [-0.3, -0.25) is 4.98 Å². The monoisotopic (exact) mass is 384 g/mol. The smallest absolute Gasteiger partial charge is 0.408 e. The van der Waals surface area contributed by atoms with Gasteiger partial charge in [-0.2, -0.15) is 0 Å². The van der Waals surface area contributed by atoms with Gasteiger partial charge in [-0.15, -0.1) is 0 Å². The standard InChI is InChI=1S/C21H18F2N2O3/c22-16-3-4-18(23)17(10-16)20-19(25-21(26)28-20)15-9-14(11-24-12-15)2-1-13-5-7-27-8-6-13/h3-4,9-13,19-20H,5-8H2,(H,25,26). The summed E-state index contributed by atoms with van der Waals surface area (Å²) in [6.07, 6.45) is 3.29. The molecule has 1 N–H and O–H groups in total. The molecular weight excluding hydrogens is 366 g/mol. The number of amides is 1. The van der Waals surface area contributed by atoms with E-state index < -0.39 is 29.9 Å². The maximum absolute atomic E-state index is 14.2. The van der Waals surface area contributed by atoms with E-state index in [9.17, 15) is 13.6 Å². The van der Waals surface area contributed by atoms with Crippen LogP contribution in [0.3, 0.4) is 0 Å². The highest BCUT2D eigenvalue weighted by atomic mass is 19.1. The number of hydrogen-bond donors (Lipinski definition) is 1. The quantitative estimate of drug-likeness (QED) is 0.803. The summed E-state index contributed by atoms with van der Waals surface area (Å²) in [7, 11) is 0. The van der Waals surface area contributed by atoms with Crippen LogP contribution in [0.15, 0.2) is 36.7 Å². The lowest BCUT2D eigenvalue weighted by molar-refractivity contribution is 0.0807. The Morgan fingerprint density at radius 3 is 2.79 bits per heavy atom. The number of nitrogens with one attached hydrogen (secondary N) is 1. The van der Waals surface area contributed by atoms with Gasteiger partial charge in [0.15, 0.2) is 6.10 Å². The minimum Gasteiger partial charge on any atom is -0.439 e. The Labute approximate surface area is 161 Å². The van der Waals surface area contributed by atoms with Crippen LogP contribution < -0.4 is 5.32 Å². The topological polar surface area (TPSA) is 60.5 Å². The number of cyclic esters (lactones) is 1. The van der Waals surface area contributed by atoms with Crippen LogP contribution in [0.1, 0.15) is 41.7 Å². The molecule has 0 aliphatic carbocycles. The second-order valence-electron chi connectivity index (χ2n) is 6.78. The number of hydrogen-bond acceptors (Lipinski definition) is 4. The molecule has 2 fully saturated rings. The van der Waals surface area contributed by atoms with Crippen LogP contribution in [-0.2, 0) is 9.47 Å². The van der Waals surface area contributed by atoms with Gasteiger partial charge in [0, 0.05) is 42.7 Å². The van der Waals surface area contributed by atoms with Crippen molar-refractivity contribution in [3.63, 3.8) is 0 Å². The molecule has 0 bridgehead atoms. The summed E-state index contributed by atoms with van der Waals surface area (Å²) in [4.78, 5) is 16.0. The lowest BCUT2D eigenvalue weighted by atomic mass is 9.96. The van der Waals surface area contributed by atoms with Gasteiger partial charge in [0.25, 0.3) is 0 Å². The predicted molar refractivity (Wildman–Crippen MR) is 96.1 cm³/mol. The summed E-state index contributed by atoms with van der Waals surface area (Å²) in [6.45, 7) is 1.42. The predicted octanol–water partition coefficient (Wildman–Crippen LogP) is 3.66. The minimum atomic E-state index is -0.997. The Morgan fingerprint density at radius 2 is 1.96 bits per heavy atom. The highest BCUT2D eigenvalue weighted by Gasteiger charge is 2.38. The molecule has 1 amide bonds. The highest BCUT2D eigenvalue weighted by Crippen LogP contribution is 2.38. The molecule has 2 saturated heterocycles. The van der Waals surface area contributed by atoms with Crippen molar-refractivity contribution in [3.8, 4) is 11.8 Å². The summed E-state index contributed by atoms with van der Waals surface area (Å²) < 4.78 is 38.4. The van der Waals surface area contributed by atoms with Gasteiger partial charge < -0.3 is 14.8 Å². The van der Waals surface area contributed by atoms with Crippen molar-refractivity contribution in [1.82, 2.24) is 10.3 Å². The molecule has 4 rings (SSSR count). The molecule has 1 aromatic carbocycles. The first-order valence-corrected chi connectivity index (χ1v) is 9.06. The van der Waals surface area contributed by atoms with Gasteiger partial charge in [0.05, 0.1) is 0 Å². The normalized spacial score (nSPS) is 22.1. The van der Waals surface area contributed by atoms with E-state index in [0.29, 0.717) is 24.3 Å². The van der Waals surface area contributed by atoms with Crippen LogP contribution in [0.4, 0.5) is 13.6 Å². The number of pyridine rings is 1. The molecular formula is C21H18F2N2O3. The molecule has 2 aliphatic heterocycles. The molecule has 144 valence electrons. The van der Waals surface area contributed by atoms with E-state index in [2.05, 4.69) is 22.1 Å². The maximum Gasteiger partial charge on any atom is 0.408 e. The molecule has 5 nitrogen and oxygen atoms in total. The largest absolute Gasteiger partial charge is 0.439 e. The lowest BCUT2D eigenvalue weighted by Crippen LogP contribution is -2.20. The van der Waals surface area contributed by atoms with Crippen LogP contribution in [-0.4, -0.2) is 24.3 Å². The van der Waals surface area contributed by atoms with Crippen molar-refractivity contribution >= 4 is 6.09 Å². The molecule has 2 atom stereocenters. The maximum atomic E-state index is 14.2. The van der Waals surface area contributed by atoms with Crippen molar-refractivity contribution < 1.29 is 23.0 Å². The molecule has 0 radical (unpaired) electrons. The first-order chi connectivity index (χ1) is 13.6. The van der Waals surface area contributed by atoms with Gasteiger partial charge in [-0.05, 0) is 42.7 Å². The molecule has 0 saturated carbocycles. The second kappa shape index (κ2) is 7.95. The number of halogens is 2. The number of alkyl carbamates (subject to hydrolysis) is 1. The summed E-state index contributed by atoms with van der Waals surface area (Å²) in [5.74, 6) is 5.37. The fraction of sp³-hybridized carbons (Fsp3) is 0.333. The minimum absolute atomic E-state index is 0.0259. The Bertz CT molecular complexity index is 948. The summed E-state index contributed by atoms with van der Waals surface area (Å²) in [5, 5.41) is 2.64. The number of rotatable bonds is 2. The zero-order valence-corrected chi connectivity index (χ0v) is 15.0. The van der Waals surface area contributed by atoms with Crippen molar-refractivity contribution in [1.29, 1.82) is 0 Å². The van der Waals surface area contributed by atoms with E-state index in [0.717, 1.165) is 31.0 Å². The van der Waals surface area contributed by atoms with Gasteiger partial charge in [0.2, 0.25) is 0 Å². The van der Waals surface area contributed by atoms with Crippen molar-refractivity contribution in [2.45, 2.75) is 25.0 Å². The lowest BCUT2D eigenvalue weighted by Gasteiger charge is -2.18. The fourth-order valence-electron chi connectivity index (χ4n) is 3.38. The molecule has 2 aromatic rings. The summed E-state index contributed by atoms with van der Waals surface area (Å²) in [6, 6.07) is 4.16. The average molecular weight is 384 g/mol. The Hall–Kier alpha value is -2.98. The van der Waals surface area contributed by atoms with E-state index >= 15 is 0 Å². The molecule has 1 aromatic heterocycles. The molecule has 0 spiro atoms. The van der Waals surface area contributed by atoms with E-state index in [1.54, 1.807) is 18.5 Å². The number of carbonyl (C=O) groups excluding carboxylic acids is 1. The third-order valence-electron chi connectivity index (χ3n) is 4.84. The number of carbonyl (C=O) groups is 1. The van der Waals surface area contributed by atoms with Crippen molar-refractivity contribution in [3.05, 3.63) is 65.0 Å². The van der Waals surface area contributed by atoms with Crippen LogP contribution in [0.2, 0.25) is 0 Å². The second-order valence-corrected chi connectivity index (χ2v) is 6.78. The first kappa shape index (κ1) is 18.4. The van der Waals surface area contributed by atoms with E-state index in [1.165, 1.54) is 0 Å². The molecule has 28 heavy (non-hydrogen) atoms. The van der Waals surface area contributed by atoms with Gasteiger partial charge in [-0.1, -0.05) is 11.8 Å². The highest BCUT2D eigenvalue weighted by molar-refractivity contribution is 5.71. The summed E-state index contributed by atoms with van der Waals surface area (Å²) in [5.41, 5.74) is 1.27. The van der Waals surface area contributed by atoms with Crippen molar-refractivity contribution in [2.75, 3.05) is 13.2 Å². The van der Waals surface area contributed by atoms with E-state index in [-0.39, 0.29) is 11.5 Å². The third kappa shape index (κ3) is 3.97. The van der Waals surface area contributed by atoms with E-state index in [4.69, 9.17) is 9.47 Å². The first-order valence-electron chi connectivity index (χ1n) is 9.06. The third-order valence-corrected chi connectivity index (χ3v) is 4.84. The number of ether oxygens (including phenoxy) is 2. The van der Waals surface area contributed by atoms with Crippen molar-refractivity contribution in [2.24, 2.45) is 5.92 Å². The molecule has 7 heteroatoms. The Kier molecular flexibility index (Phi) is 5.22. The zero-order chi connectivity index (χ0) is 19.5. The number of nitrogens with zero attached hydrogens (tertiary/aromatic N) is 1. The molecule has 2 aliphatic rings. The van der Waals surface area contributed by atoms with Crippen LogP contribution in [0, 0.1) is 29.4 Å². The van der Waals surface area contributed by atoms with Gasteiger partial charge in [0.1, 0.15) is 17.7 Å². The van der Waals surface area contributed by atoms with Crippen LogP contribution >= 0.6 is 0 Å². The zero-order valence-electron chi connectivity index (χ0n) is 15.0. The Balaban J connectivity index is 1.61. The molecule has 3 heterocycles.